The van der Waals surface area contributed by atoms with Gasteiger partial charge in [-0.25, -0.2) is 4.39 Å². The molecular weight excluding hydrogens is 231 g/mol. The quantitative estimate of drug-likeness (QED) is 0.767. The van der Waals surface area contributed by atoms with Crippen molar-refractivity contribution in [3.63, 3.8) is 0 Å². The zero-order valence-corrected chi connectivity index (χ0v) is 10.1. The van der Waals surface area contributed by atoms with E-state index in [1.165, 1.54) is 18.2 Å². The van der Waals surface area contributed by atoms with E-state index in [1.54, 1.807) is 0 Å². The highest BCUT2D eigenvalue weighted by atomic mass is 19.1. The van der Waals surface area contributed by atoms with Gasteiger partial charge in [0.1, 0.15) is 12.1 Å². The summed E-state index contributed by atoms with van der Waals surface area (Å²) in [7, 11) is 0. The van der Waals surface area contributed by atoms with E-state index < -0.39 is 0 Å². The third-order valence-corrected chi connectivity index (χ3v) is 3.32. The number of hydrogen-bond acceptors (Lipinski definition) is 3. The normalized spacial score (nSPS) is 20.3. The molecule has 18 heavy (non-hydrogen) atoms. The van der Waals surface area contributed by atoms with E-state index in [2.05, 4.69) is 11.0 Å². The summed E-state index contributed by atoms with van der Waals surface area (Å²) < 4.78 is 13.2. The molecule has 1 aliphatic rings. The van der Waals surface area contributed by atoms with Gasteiger partial charge in [-0.3, -0.25) is 4.90 Å². The van der Waals surface area contributed by atoms with Crippen molar-refractivity contribution in [2.45, 2.75) is 19.4 Å². The van der Waals surface area contributed by atoms with Gasteiger partial charge in [-0.15, -0.1) is 0 Å². The highest BCUT2D eigenvalue weighted by molar-refractivity contribution is 5.54. The fourth-order valence-corrected chi connectivity index (χ4v) is 2.39. The van der Waals surface area contributed by atoms with Gasteiger partial charge in [0, 0.05) is 19.0 Å². The lowest BCUT2D eigenvalue weighted by molar-refractivity contribution is -0.112. The molecule has 0 N–H and O–H groups in total. The highest BCUT2D eigenvalue weighted by Gasteiger charge is 2.20. The zero-order chi connectivity index (χ0) is 13.0. The molecule has 1 aromatic rings. The zero-order valence-electron chi connectivity index (χ0n) is 10.1. The van der Waals surface area contributed by atoms with Gasteiger partial charge < -0.3 is 4.79 Å². The SMILES string of the molecule is N#Cc1ccc(F)cc1CN1CCCC(C=O)C1. The number of hydrogen-bond donors (Lipinski definition) is 0. The molecule has 0 amide bonds. The summed E-state index contributed by atoms with van der Waals surface area (Å²) in [5.41, 5.74) is 1.20. The number of nitrogens with zero attached hydrogens (tertiary/aromatic N) is 2. The Labute approximate surface area is 106 Å². The molecule has 1 atom stereocenters. The predicted octanol–water partition coefficient (Wildman–Crippen LogP) is 2.11. The summed E-state index contributed by atoms with van der Waals surface area (Å²) in [5, 5.41) is 8.99. The molecule has 2 rings (SSSR count). The molecule has 1 saturated heterocycles. The largest absolute Gasteiger partial charge is 0.303 e. The van der Waals surface area contributed by atoms with Crippen molar-refractivity contribution in [1.29, 1.82) is 5.26 Å². The molecule has 1 unspecified atom stereocenters. The smallest absolute Gasteiger partial charge is 0.124 e. The van der Waals surface area contributed by atoms with Gasteiger partial charge in [0.2, 0.25) is 0 Å². The van der Waals surface area contributed by atoms with E-state index in [1.807, 2.05) is 0 Å². The first-order valence-electron chi connectivity index (χ1n) is 6.09. The van der Waals surface area contributed by atoms with E-state index in [0.717, 1.165) is 25.7 Å². The van der Waals surface area contributed by atoms with Gasteiger partial charge in [-0.1, -0.05) is 0 Å². The Kier molecular flexibility index (Phi) is 4.06. The maximum absolute atomic E-state index is 13.2. The molecule has 0 saturated carbocycles. The molecule has 1 aliphatic heterocycles. The van der Waals surface area contributed by atoms with Crippen LogP contribution in [0.2, 0.25) is 0 Å². The average Bonchev–Trinajstić information content (AvgIpc) is 2.39. The Morgan fingerprint density at radius 2 is 2.39 bits per heavy atom. The summed E-state index contributed by atoms with van der Waals surface area (Å²) >= 11 is 0. The standard InChI is InChI=1S/C14H15FN2O/c15-14-4-3-12(7-16)13(6-14)9-17-5-1-2-11(8-17)10-18/h3-4,6,10-11H,1-2,5,8-9H2. The Morgan fingerprint density at radius 3 is 3.11 bits per heavy atom. The first-order valence-corrected chi connectivity index (χ1v) is 6.09. The van der Waals surface area contributed by atoms with Crippen LogP contribution in [0.25, 0.3) is 0 Å². The van der Waals surface area contributed by atoms with Crippen LogP contribution in [0.4, 0.5) is 4.39 Å². The van der Waals surface area contributed by atoms with Crippen LogP contribution in [0.5, 0.6) is 0 Å². The Morgan fingerprint density at radius 1 is 1.56 bits per heavy atom. The van der Waals surface area contributed by atoms with Gasteiger partial charge in [0.25, 0.3) is 0 Å². The number of piperidine rings is 1. The fraction of sp³-hybridized carbons (Fsp3) is 0.429. The van der Waals surface area contributed by atoms with E-state index in [-0.39, 0.29) is 11.7 Å². The minimum Gasteiger partial charge on any atom is -0.303 e. The van der Waals surface area contributed by atoms with Crippen LogP contribution in [0.3, 0.4) is 0 Å². The molecule has 0 aliphatic carbocycles. The lowest BCUT2D eigenvalue weighted by Crippen LogP contribution is -2.35. The molecule has 3 nitrogen and oxygen atoms in total. The molecule has 4 heteroatoms. The maximum Gasteiger partial charge on any atom is 0.124 e. The van der Waals surface area contributed by atoms with Gasteiger partial charge in [-0.05, 0) is 43.1 Å². The minimum atomic E-state index is -0.326. The third-order valence-electron chi connectivity index (χ3n) is 3.32. The van der Waals surface area contributed by atoms with Crippen LogP contribution < -0.4 is 0 Å². The first-order chi connectivity index (χ1) is 8.72. The summed E-state index contributed by atoms with van der Waals surface area (Å²) in [6.45, 7) is 2.13. The number of benzene rings is 1. The monoisotopic (exact) mass is 246 g/mol. The van der Waals surface area contributed by atoms with E-state index in [9.17, 15) is 9.18 Å². The van der Waals surface area contributed by atoms with Crippen LogP contribution in [0.15, 0.2) is 18.2 Å². The Balaban J connectivity index is 2.11. The molecule has 0 aromatic heterocycles. The van der Waals surface area contributed by atoms with Crippen molar-refractivity contribution in [3.8, 4) is 6.07 Å². The lowest BCUT2D eigenvalue weighted by Gasteiger charge is -2.30. The van der Waals surface area contributed by atoms with Crippen molar-refractivity contribution in [3.05, 3.63) is 35.1 Å². The maximum atomic E-state index is 13.2. The second-order valence-electron chi connectivity index (χ2n) is 4.69. The molecule has 94 valence electrons. The molecule has 0 bridgehead atoms. The molecule has 1 aromatic carbocycles. The van der Waals surface area contributed by atoms with Gasteiger partial charge >= 0.3 is 0 Å². The lowest BCUT2D eigenvalue weighted by atomic mass is 9.98. The molecular formula is C14H15FN2O. The van der Waals surface area contributed by atoms with Crippen LogP contribution in [0, 0.1) is 23.1 Å². The van der Waals surface area contributed by atoms with E-state index >= 15 is 0 Å². The number of aldehydes is 1. The summed E-state index contributed by atoms with van der Waals surface area (Å²) in [4.78, 5) is 12.9. The van der Waals surface area contributed by atoms with Gasteiger partial charge in [0.15, 0.2) is 0 Å². The number of rotatable bonds is 3. The molecule has 0 radical (unpaired) electrons. The summed E-state index contributed by atoms with van der Waals surface area (Å²) in [6, 6.07) is 6.28. The van der Waals surface area contributed by atoms with Crippen molar-refractivity contribution in [2.75, 3.05) is 13.1 Å². The Bertz CT molecular complexity index is 481. The molecule has 0 spiro atoms. The highest BCUT2D eigenvalue weighted by Crippen LogP contribution is 2.19. The van der Waals surface area contributed by atoms with E-state index in [0.29, 0.717) is 24.2 Å². The predicted molar refractivity (Wildman–Crippen MR) is 65.2 cm³/mol. The summed E-state index contributed by atoms with van der Waals surface area (Å²) in [6.07, 6.45) is 2.89. The number of carbonyl (C=O) groups excluding carboxylic acids is 1. The fourth-order valence-electron chi connectivity index (χ4n) is 2.39. The average molecular weight is 246 g/mol. The van der Waals surface area contributed by atoms with Crippen LogP contribution in [-0.4, -0.2) is 24.3 Å². The first kappa shape index (κ1) is 12.7. The van der Waals surface area contributed by atoms with Crippen molar-refractivity contribution >= 4 is 6.29 Å². The minimum absolute atomic E-state index is 0.0674. The Hall–Kier alpha value is -1.73. The van der Waals surface area contributed by atoms with Gasteiger partial charge in [-0.2, -0.15) is 5.26 Å². The van der Waals surface area contributed by atoms with Crippen molar-refractivity contribution in [2.24, 2.45) is 5.92 Å². The topological polar surface area (TPSA) is 44.1 Å². The third kappa shape index (κ3) is 2.93. The van der Waals surface area contributed by atoms with Crippen molar-refractivity contribution < 1.29 is 9.18 Å². The van der Waals surface area contributed by atoms with Crippen LogP contribution in [0.1, 0.15) is 24.0 Å². The second-order valence-corrected chi connectivity index (χ2v) is 4.69. The number of halogens is 1. The van der Waals surface area contributed by atoms with E-state index in [4.69, 9.17) is 5.26 Å². The van der Waals surface area contributed by atoms with Gasteiger partial charge in [0.05, 0.1) is 11.6 Å². The van der Waals surface area contributed by atoms with Crippen molar-refractivity contribution in [1.82, 2.24) is 4.90 Å². The molecule has 1 heterocycles. The number of nitriles is 1. The molecule has 1 fully saturated rings. The summed E-state index contributed by atoms with van der Waals surface area (Å²) in [5.74, 6) is -0.259. The second kappa shape index (κ2) is 5.74. The number of likely N-dealkylation sites (tertiary alicyclic amines) is 1. The number of carbonyl (C=O) groups is 1. The van der Waals surface area contributed by atoms with Crippen LogP contribution in [-0.2, 0) is 11.3 Å². The van der Waals surface area contributed by atoms with Crippen LogP contribution >= 0.6 is 0 Å².